The minimum atomic E-state index is 0.463. The second-order valence-corrected chi connectivity index (χ2v) is 7.12. The predicted octanol–water partition coefficient (Wildman–Crippen LogP) is 3.28. The molecule has 0 amide bonds. The van der Waals surface area contributed by atoms with Crippen LogP contribution in [0.1, 0.15) is 59.8 Å². The fourth-order valence-electron chi connectivity index (χ4n) is 3.92. The van der Waals surface area contributed by atoms with E-state index in [9.17, 15) is 0 Å². The van der Waals surface area contributed by atoms with Crippen LogP contribution in [0, 0.1) is 11.8 Å². The first-order valence-corrected chi connectivity index (χ1v) is 8.02. The third kappa shape index (κ3) is 3.08. The largest absolute Gasteiger partial charge is 0.311 e. The van der Waals surface area contributed by atoms with Crippen LogP contribution in [0.4, 0.5) is 0 Å². The van der Waals surface area contributed by atoms with Crippen molar-refractivity contribution in [3.63, 3.8) is 0 Å². The van der Waals surface area contributed by atoms with E-state index < -0.39 is 0 Å². The molecule has 0 aromatic rings. The highest BCUT2D eigenvalue weighted by atomic mass is 15.1. The van der Waals surface area contributed by atoms with Crippen LogP contribution in [0.3, 0.4) is 0 Å². The molecule has 106 valence electrons. The second-order valence-electron chi connectivity index (χ2n) is 7.12. The molecule has 0 aromatic carbocycles. The maximum absolute atomic E-state index is 3.84. The first kappa shape index (κ1) is 14.3. The number of hydrogen-bond donors (Lipinski definition) is 1. The van der Waals surface area contributed by atoms with Gasteiger partial charge in [0, 0.05) is 11.6 Å². The molecule has 2 heterocycles. The van der Waals surface area contributed by atoms with Crippen LogP contribution in [0.2, 0.25) is 0 Å². The van der Waals surface area contributed by atoms with Gasteiger partial charge in [-0.25, -0.2) is 0 Å². The maximum Gasteiger partial charge on any atom is 0.0207 e. The number of rotatable bonds is 4. The fraction of sp³-hybridized carbons (Fsp3) is 1.00. The zero-order valence-electron chi connectivity index (χ0n) is 12.8. The lowest BCUT2D eigenvalue weighted by molar-refractivity contribution is 0.116. The summed E-state index contributed by atoms with van der Waals surface area (Å²) >= 11 is 0. The van der Waals surface area contributed by atoms with Gasteiger partial charge in [0.05, 0.1) is 0 Å². The molecule has 0 bridgehead atoms. The smallest absolute Gasteiger partial charge is 0.0207 e. The molecule has 2 aliphatic rings. The molecule has 1 N–H and O–H groups in total. The van der Waals surface area contributed by atoms with Gasteiger partial charge in [-0.2, -0.15) is 0 Å². The van der Waals surface area contributed by atoms with E-state index >= 15 is 0 Å². The summed E-state index contributed by atoms with van der Waals surface area (Å²) in [6.07, 6.45) is 7.01. The Labute approximate surface area is 114 Å². The third-order valence-electron chi connectivity index (χ3n) is 5.41. The minimum Gasteiger partial charge on any atom is -0.311 e. The molecule has 18 heavy (non-hydrogen) atoms. The van der Waals surface area contributed by atoms with Gasteiger partial charge in [-0.3, -0.25) is 0 Å². The first-order chi connectivity index (χ1) is 8.53. The third-order valence-corrected chi connectivity index (χ3v) is 5.41. The van der Waals surface area contributed by atoms with Gasteiger partial charge in [0.25, 0.3) is 0 Å². The Balaban J connectivity index is 1.86. The summed E-state index contributed by atoms with van der Waals surface area (Å²) in [5.41, 5.74) is 0.463. The molecule has 0 radical (unpaired) electrons. The minimum absolute atomic E-state index is 0.463. The highest BCUT2D eigenvalue weighted by Crippen LogP contribution is 2.37. The van der Waals surface area contributed by atoms with Crippen LogP contribution in [-0.4, -0.2) is 36.1 Å². The Morgan fingerprint density at radius 1 is 1.17 bits per heavy atom. The van der Waals surface area contributed by atoms with Gasteiger partial charge in [0.1, 0.15) is 0 Å². The van der Waals surface area contributed by atoms with Gasteiger partial charge < -0.3 is 10.2 Å². The van der Waals surface area contributed by atoms with Crippen LogP contribution in [-0.2, 0) is 0 Å². The van der Waals surface area contributed by atoms with E-state index in [0.29, 0.717) is 5.54 Å². The molecule has 0 saturated carbocycles. The van der Waals surface area contributed by atoms with E-state index in [1.807, 2.05) is 0 Å². The van der Waals surface area contributed by atoms with E-state index in [0.717, 1.165) is 17.9 Å². The van der Waals surface area contributed by atoms with E-state index in [2.05, 4.69) is 37.9 Å². The summed E-state index contributed by atoms with van der Waals surface area (Å²) in [6, 6.07) is 0.731. The number of hydrogen-bond acceptors (Lipinski definition) is 2. The lowest BCUT2D eigenvalue weighted by Crippen LogP contribution is -2.48. The average Bonchev–Trinajstić information content (AvgIpc) is 2.79. The predicted molar refractivity (Wildman–Crippen MR) is 78.9 cm³/mol. The first-order valence-electron chi connectivity index (χ1n) is 8.02. The van der Waals surface area contributed by atoms with E-state index in [-0.39, 0.29) is 0 Å². The molecule has 2 nitrogen and oxygen atoms in total. The lowest BCUT2D eigenvalue weighted by atomic mass is 9.75. The molecule has 1 unspecified atom stereocenters. The molecular formula is C16H32N2. The normalized spacial score (nSPS) is 31.7. The van der Waals surface area contributed by atoms with Crippen molar-refractivity contribution < 1.29 is 0 Å². The van der Waals surface area contributed by atoms with Crippen LogP contribution in [0.5, 0.6) is 0 Å². The van der Waals surface area contributed by atoms with Gasteiger partial charge in [0.2, 0.25) is 0 Å². The Kier molecular flexibility index (Phi) is 4.71. The molecule has 0 aliphatic carbocycles. The zero-order chi connectivity index (χ0) is 13.2. The number of nitrogens with one attached hydrogen (secondary N) is 1. The lowest BCUT2D eigenvalue weighted by Gasteiger charge is -2.41. The molecule has 2 rings (SSSR count). The summed E-state index contributed by atoms with van der Waals surface area (Å²) in [5.74, 6) is 1.73. The van der Waals surface area contributed by atoms with Gasteiger partial charge in [0.15, 0.2) is 0 Å². The van der Waals surface area contributed by atoms with E-state index in [1.165, 1.54) is 51.7 Å². The van der Waals surface area contributed by atoms with Gasteiger partial charge in [-0.05, 0) is 77.4 Å². The fourth-order valence-corrected chi connectivity index (χ4v) is 3.92. The Bertz CT molecular complexity index is 246. The Hall–Kier alpha value is -0.0800. The number of piperidine rings is 1. The van der Waals surface area contributed by atoms with Crippen molar-refractivity contribution in [3.05, 3.63) is 0 Å². The standard InChI is InChI=1S/C16H32N2/c1-13(2)16(8-5-9-17-16)12-15-6-10-18(11-7-15)14(3)4/h13-15,17H,5-12H2,1-4H3. The van der Waals surface area contributed by atoms with Crippen molar-refractivity contribution >= 4 is 0 Å². The topological polar surface area (TPSA) is 15.3 Å². The molecule has 0 spiro atoms. The maximum atomic E-state index is 3.84. The van der Waals surface area contributed by atoms with Crippen LogP contribution in [0.25, 0.3) is 0 Å². The SMILES string of the molecule is CC(C)N1CCC(CC2(C(C)C)CCCN2)CC1. The number of nitrogens with zero attached hydrogens (tertiary/aromatic N) is 1. The molecule has 0 aromatic heterocycles. The molecule has 1 atom stereocenters. The van der Waals surface area contributed by atoms with Crippen molar-refractivity contribution in [1.82, 2.24) is 10.2 Å². The Morgan fingerprint density at radius 2 is 1.83 bits per heavy atom. The van der Waals surface area contributed by atoms with Crippen LogP contribution >= 0.6 is 0 Å². The highest BCUT2D eigenvalue weighted by Gasteiger charge is 2.39. The van der Waals surface area contributed by atoms with Crippen molar-refractivity contribution in [2.24, 2.45) is 11.8 Å². The molecule has 2 fully saturated rings. The van der Waals surface area contributed by atoms with Gasteiger partial charge in [-0.15, -0.1) is 0 Å². The van der Waals surface area contributed by atoms with Crippen LogP contribution in [0.15, 0.2) is 0 Å². The number of likely N-dealkylation sites (tertiary alicyclic amines) is 1. The summed E-state index contributed by atoms with van der Waals surface area (Å²) in [4.78, 5) is 2.64. The van der Waals surface area contributed by atoms with Gasteiger partial charge in [-0.1, -0.05) is 13.8 Å². The van der Waals surface area contributed by atoms with Crippen LogP contribution < -0.4 is 5.32 Å². The van der Waals surface area contributed by atoms with Crippen molar-refractivity contribution in [2.75, 3.05) is 19.6 Å². The quantitative estimate of drug-likeness (QED) is 0.826. The molecule has 2 heteroatoms. The zero-order valence-corrected chi connectivity index (χ0v) is 12.8. The van der Waals surface area contributed by atoms with E-state index in [1.54, 1.807) is 0 Å². The Morgan fingerprint density at radius 3 is 2.28 bits per heavy atom. The second kappa shape index (κ2) is 5.92. The van der Waals surface area contributed by atoms with E-state index in [4.69, 9.17) is 0 Å². The summed E-state index contributed by atoms with van der Waals surface area (Å²) in [6.45, 7) is 13.3. The summed E-state index contributed by atoms with van der Waals surface area (Å²) in [7, 11) is 0. The van der Waals surface area contributed by atoms with Crippen molar-refractivity contribution in [2.45, 2.75) is 71.4 Å². The summed E-state index contributed by atoms with van der Waals surface area (Å²) in [5, 5.41) is 3.84. The molecule has 2 saturated heterocycles. The van der Waals surface area contributed by atoms with Crippen molar-refractivity contribution in [1.29, 1.82) is 0 Å². The average molecular weight is 252 g/mol. The van der Waals surface area contributed by atoms with Crippen molar-refractivity contribution in [3.8, 4) is 0 Å². The summed E-state index contributed by atoms with van der Waals surface area (Å²) < 4.78 is 0. The molecule has 2 aliphatic heterocycles. The van der Waals surface area contributed by atoms with Gasteiger partial charge >= 0.3 is 0 Å². The highest BCUT2D eigenvalue weighted by molar-refractivity contribution is 4.97. The molecular weight excluding hydrogens is 220 g/mol. The monoisotopic (exact) mass is 252 g/mol.